The Kier molecular flexibility index (Phi) is 4.54. The predicted octanol–water partition coefficient (Wildman–Crippen LogP) is 4.23. The van der Waals surface area contributed by atoms with E-state index in [-0.39, 0.29) is 10.7 Å². The Morgan fingerprint density at radius 2 is 2.23 bits per heavy atom. The molecule has 0 radical (unpaired) electrons. The molecule has 1 amide bonds. The fraction of sp³-hybridized carbons (Fsp3) is 0.412. The van der Waals surface area contributed by atoms with Gasteiger partial charge in [0.1, 0.15) is 0 Å². The van der Waals surface area contributed by atoms with Gasteiger partial charge in [0.25, 0.3) is 0 Å². The highest BCUT2D eigenvalue weighted by Crippen LogP contribution is 2.47. The van der Waals surface area contributed by atoms with Crippen molar-refractivity contribution in [2.24, 2.45) is 5.73 Å². The topological polar surface area (TPSA) is 56.0 Å². The van der Waals surface area contributed by atoms with Crippen molar-refractivity contribution in [3.8, 4) is 0 Å². The summed E-state index contributed by atoms with van der Waals surface area (Å²) in [5.41, 5.74) is 10.4. The summed E-state index contributed by atoms with van der Waals surface area (Å²) in [5.74, 6) is 0.714. The lowest BCUT2D eigenvalue weighted by Gasteiger charge is -2.29. The minimum absolute atomic E-state index is 0.0940. The van der Waals surface area contributed by atoms with Crippen molar-refractivity contribution >= 4 is 45.3 Å². The van der Waals surface area contributed by atoms with Crippen molar-refractivity contribution < 1.29 is 4.79 Å². The van der Waals surface area contributed by atoms with Gasteiger partial charge in [-0.1, -0.05) is 25.8 Å². The van der Waals surface area contributed by atoms with Crippen LogP contribution < -0.4 is 5.73 Å². The average molecular weight is 332 g/mol. The Morgan fingerprint density at radius 1 is 1.45 bits per heavy atom. The van der Waals surface area contributed by atoms with E-state index in [1.165, 1.54) is 12.8 Å². The maximum absolute atomic E-state index is 12.1. The van der Waals surface area contributed by atoms with Crippen LogP contribution in [-0.4, -0.2) is 21.4 Å². The Morgan fingerprint density at radius 3 is 2.91 bits per heavy atom. The van der Waals surface area contributed by atoms with Gasteiger partial charge in [-0.3, -0.25) is 4.79 Å². The molecule has 0 spiro atoms. The number of fused-ring (bicyclic) bond motifs is 1. The molecule has 22 heavy (non-hydrogen) atoms. The molecule has 1 aromatic heterocycles. The van der Waals surface area contributed by atoms with Crippen LogP contribution >= 0.6 is 23.1 Å². The number of rotatable bonds is 5. The lowest BCUT2D eigenvalue weighted by atomic mass is 9.93. The van der Waals surface area contributed by atoms with Crippen LogP contribution in [0.1, 0.15) is 38.2 Å². The lowest BCUT2D eigenvalue weighted by molar-refractivity contribution is -0.114. The molecule has 1 aliphatic rings. The molecule has 1 aliphatic carbocycles. The molecule has 0 bridgehead atoms. The summed E-state index contributed by atoms with van der Waals surface area (Å²) in [4.78, 5) is 16.4. The maximum atomic E-state index is 12.1. The van der Waals surface area contributed by atoms with Gasteiger partial charge >= 0.3 is 0 Å². The van der Waals surface area contributed by atoms with Crippen LogP contribution in [0.25, 0.3) is 16.3 Å². The highest BCUT2D eigenvalue weighted by Gasteiger charge is 2.39. The number of carbonyl (C=O) groups excluding carboxylic acids is 1. The van der Waals surface area contributed by atoms with Gasteiger partial charge in [0, 0.05) is 10.3 Å². The highest BCUT2D eigenvalue weighted by atomic mass is 32.2. The highest BCUT2D eigenvalue weighted by molar-refractivity contribution is 8.00. The van der Waals surface area contributed by atoms with Crippen molar-refractivity contribution in [1.82, 2.24) is 4.98 Å². The molecule has 0 aliphatic heterocycles. The molecule has 0 atom stereocenters. The predicted molar refractivity (Wildman–Crippen MR) is 96.1 cm³/mol. The third-order valence-electron chi connectivity index (χ3n) is 4.25. The van der Waals surface area contributed by atoms with E-state index in [1.807, 2.05) is 35.5 Å². The van der Waals surface area contributed by atoms with E-state index in [9.17, 15) is 4.79 Å². The number of nitrogens with two attached hydrogens (primary N) is 1. The summed E-state index contributed by atoms with van der Waals surface area (Å²) in [7, 11) is 0. The average Bonchev–Trinajstić information content (AvgIpc) is 3.13. The van der Waals surface area contributed by atoms with Gasteiger partial charge in [-0.15, -0.1) is 11.3 Å². The van der Waals surface area contributed by atoms with Crippen LogP contribution in [0.2, 0.25) is 0 Å². The maximum Gasteiger partial charge on any atom is 0.246 e. The largest absolute Gasteiger partial charge is 0.366 e. The SMILES string of the molecule is CCSC1(/C(=C\c2ccc3ncsc3c2)C(N)=O)CCCC1. The second kappa shape index (κ2) is 6.42. The van der Waals surface area contributed by atoms with E-state index in [0.717, 1.165) is 39.9 Å². The molecule has 3 rings (SSSR count). The molecule has 1 saturated carbocycles. The quantitative estimate of drug-likeness (QED) is 0.834. The van der Waals surface area contributed by atoms with Gasteiger partial charge in [0.15, 0.2) is 0 Å². The first-order valence-electron chi connectivity index (χ1n) is 7.64. The first-order chi connectivity index (χ1) is 10.6. The summed E-state index contributed by atoms with van der Waals surface area (Å²) in [6.45, 7) is 2.15. The van der Waals surface area contributed by atoms with Crippen molar-refractivity contribution in [1.29, 1.82) is 0 Å². The van der Waals surface area contributed by atoms with Gasteiger partial charge in [-0.2, -0.15) is 11.8 Å². The lowest BCUT2D eigenvalue weighted by Crippen LogP contribution is -2.32. The first-order valence-corrected chi connectivity index (χ1v) is 9.50. The fourth-order valence-electron chi connectivity index (χ4n) is 3.27. The summed E-state index contributed by atoms with van der Waals surface area (Å²) in [6.07, 6.45) is 6.43. The number of hydrogen-bond donors (Lipinski definition) is 1. The van der Waals surface area contributed by atoms with E-state index < -0.39 is 0 Å². The van der Waals surface area contributed by atoms with Crippen LogP contribution in [0.3, 0.4) is 0 Å². The molecule has 116 valence electrons. The molecule has 3 nitrogen and oxygen atoms in total. The fourth-order valence-corrected chi connectivity index (χ4v) is 5.44. The summed E-state index contributed by atoms with van der Waals surface area (Å²) in [5, 5.41) is 0. The Hall–Kier alpha value is -1.33. The van der Waals surface area contributed by atoms with E-state index >= 15 is 0 Å². The summed E-state index contributed by atoms with van der Waals surface area (Å²) >= 11 is 3.49. The summed E-state index contributed by atoms with van der Waals surface area (Å²) < 4.78 is 1.05. The number of thioether (sulfide) groups is 1. The molecule has 0 saturated heterocycles. The number of primary amides is 1. The molecule has 0 unspecified atom stereocenters. The molecular formula is C17H20N2OS2. The minimum Gasteiger partial charge on any atom is -0.366 e. The molecule has 1 aromatic carbocycles. The monoisotopic (exact) mass is 332 g/mol. The third kappa shape index (κ3) is 2.92. The van der Waals surface area contributed by atoms with Crippen molar-refractivity contribution in [3.05, 3.63) is 34.8 Å². The van der Waals surface area contributed by atoms with Gasteiger partial charge in [0.05, 0.1) is 15.7 Å². The van der Waals surface area contributed by atoms with Gasteiger partial charge in [0.2, 0.25) is 5.91 Å². The molecule has 1 fully saturated rings. The van der Waals surface area contributed by atoms with Crippen LogP contribution in [0.4, 0.5) is 0 Å². The summed E-state index contributed by atoms with van der Waals surface area (Å²) in [6, 6.07) is 6.12. The zero-order valence-electron chi connectivity index (χ0n) is 12.7. The van der Waals surface area contributed by atoms with Gasteiger partial charge in [-0.25, -0.2) is 4.98 Å². The third-order valence-corrected chi connectivity index (χ3v) is 6.52. The number of carbonyl (C=O) groups is 1. The van der Waals surface area contributed by atoms with E-state index in [2.05, 4.69) is 18.0 Å². The number of amides is 1. The molecule has 2 N–H and O–H groups in total. The van der Waals surface area contributed by atoms with E-state index in [0.29, 0.717) is 0 Å². The Bertz CT molecular complexity index is 714. The number of benzene rings is 1. The van der Waals surface area contributed by atoms with Crippen molar-refractivity contribution in [2.75, 3.05) is 5.75 Å². The smallest absolute Gasteiger partial charge is 0.246 e. The van der Waals surface area contributed by atoms with Crippen LogP contribution in [0.15, 0.2) is 29.3 Å². The second-order valence-electron chi connectivity index (χ2n) is 5.64. The van der Waals surface area contributed by atoms with Crippen molar-refractivity contribution in [3.63, 3.8) is 0 Å². The van der Waals surface area contributed by atoms with Crippen LogP contribution in [-0.2, 0) is 4.79 Å². The van der Waals surface area contributed by atoms with Crippen LogP contribution in [0.5, 0.6) is 0 Å². The van der Waals surface area contributed by atoms with E-state index in [1.54, 1.807) is 11.3 Å². The number of nitrogens with zero attached hydrogens (tertiary/aromatic N) is 1. The van der Waals surface area contributed by atoms with E-state index in [4.69, 9.17) is 5.73 Å². The second-order valence-corrected chi connectivity index (χ2v) is 8.17. The minimum atomic E-state index is -0.285. The first kappa shape index (κ1) is 15.6. The Labute approximate surface area is 139 Å². The van der Waals surface area contributed by atoms with Crippen molar-refractivity contribution in [2.45, 2.75) is 37.4 Å². The number of thiazole rings is 1. The van der Waals surface area contributed by atoms with Gasteiger partial charge in [-0.05, 0) is 42.4 Å². The zero-order chi connectivity index (χ0) is 15.6. The van der Waals surface area contributed by atoms with Crippen LogP contribution in [0, 0.1) is 0 Å². The molecule has 5 heteroatoms. The zero-order valence-corrected chi connectivity index (χ0v) is 14.3. The molecule has 2 aromatic rings. The number of aromatic nitrogens is 1. The Balaban J connectivity index is 2.03. The molecular weight excluding hydrogens is 312 g/mol. The van der Waals surface area contributed by atoms with Gasteiger partial charge < -0.3 is 5.73 Å². The normalized spacial score (nSPS) is 18.0. The number of hydrogen-bond acceptors (Lipinski definition) is 4. The standard InChI is InChI=1S/C17H20N2OS2/c1-2-22-17(7-3-4-8-17)13(16(18)20)9-12-5-6-14-15(10-12)21-11-19-14/h5-6,9-11H,2-4,7-8H2,1H3,(H2,18,20)/b13-9-. The molecule has 1 heterocycles.